The van der Waals surface area contributed by atoms with Gasteiger partial charge in [0.25, 0.3) is 0 Å². The fraction of sp³-hybridized carbons (Fsp3) is 0.500. The lowest BCUT2D eigenvalue weighted by Crippen LogP contribution is -2.35. The van der Waals surface area contributed by atoms with Crippen LogP contribution in [-0.2, 0) is 6.42 Å². The summed E-state index contributed by atoms with van der Waals surface area (Å²) in [5.74, 6) is -1.20. The molecule has 1 aliphatic heterocycles. The second kappa shape index (κ2) is 5.11. The van der Waals surface area contributed by atoms with E-state index in [2.05, 4.69) is 5.32 Å². The number of piperidine rings is 1. The van der Waals surface area contributed by atoms with Crippen LogP contribution in [0.15, 0.2) is 12.1 Å². The highest BCUT2D eigenvalue weighted by atomic mass is 35.5. The van der Waals surface area contributed by atoms with Crippen LogP contribution in [0.25, 0.3) is 0 Å². The number of benzene rings is 1. The zero-order valence-corrected chi connectivity index (χ0v) is 9.66. The van der Waals surface area contributed by atoms with Gasteiger partial charge in [-0.1, -0.05) is 18.0 Å². The Balaban J connectivity index is 2.11. The largest absolute Gasteiger partial charge is 0.314 e. The maximum atomic E-state index is 13.5. The molecule has 16 heavy (non-hydrogen) atoms. The standard InChI is InChI=1S/C12H14ClF2N/c13-10-6-8(11(14)7-12(10)15)5-9-3-1-2-4-16-9/h6-7,9,16H,1-5H2. The summed E-state index contributed by atoms with van der Waals surface area (Å²) in [6, 6.07) is 2.54. The molecule has 1 aromatic rings. The van der Waals surface area contributed by atoms with E-state index in [0.717, 1.165) is 25.5 Å². The number of nitrogens with one attached hydrogen (secondary N) is 1. The Hall–Kier alpha value is -0.670. The van der Waals surface area contributed by atoms with Gasteiger partial charge >= 0.3 is 0 Å². The highest BCUT2D eigenvalue weighted by Gasteiger charge is 2.16. The van der Waals surface area contributed by atoms with E-state index in [4.69, 9.17) is 11.6 Å². The molecule has 1 fully saturated rings. The van der Waals surface area contributed by atoms with E-state index in [0.29, 0.717) is 12.0 Å². The second-order valence-corrected chi connectivity index (χ2v) is 4.62. The highest BCUT2D eigenvalue weighted by Crippen LogP contribution is 2.22. The van der Waals surface area contributed by atoms with E-state index in [1.807, 2.05) is 0 Å². The number of rotatable bonds is 2. The lowest BCUT2D eigenvalue weighted by atomic mass is 9.97. The maximum Gasteiger partial charge on any atom is 0.144 e. The first-order valence-electron chi connectivity index (χ1n) is 5.53. The summed E-state index contributed by atoms with van der Waals surface area (Å²) in [7, 11) is 0. The third kappa shape index (κ3) is 2.71. The van der Waals surface area contributed by atoms with Crippen LogP contribution in [0.2, 0.25) is 5.02 Å². The third-order valence-corrected chi connectivity index (χ3v) is 3.26. The number of halogens is 3. The van der Waals surface area contributed by atoms with Crippen LogP contribution in [0.3, 0.4) is 0 Å². The SMILES string of the molecule is Fc1cc(F)c(CC2CCCCN2)cc1Cl. The van der Waals surface area contributed by atoms with Crippen molar-refractivity contribution in [2.45, 2.75) is 31.7 Å². The van der Waals surface area contributed by atoms with Crippen molar-refractivity contribution < 1.29 is 8.78 Å². The Bertz CT molecular complexity index is 376. The Morgan fingerprint density at radius 1 is 1.25 bits per heavy atom. The molecule has 2 rings (SSSR count). The average molecular weight is 246 g/mol. The smallest absolute Gasteiger partial charge is 0.144 e. The van der Waals surface area contributed by atoms with Gasteiger partial charge in [0.1, 0.15) is 11.6 Å². The van der Waals surface area contributed by atoms with E-state index in [9.17, 15) is 8.78 Å². The number of hydrogen-bond acceptors (Lipinski definition) is 1. The predicted molar refractivity (Wildman–Crippen MR) is 60.7 cm³/mol. The molecule has 1 N–H and O–H groups in total. The Labute approximate surface area is 98.8 Å². The van der Waals surface area contributed by atoms with E-state index >= 15 is 0 Å². The van der Waals surface area contributed by atoms with Crippen LogP contribution in [-0.4, -0.2) is 12.6 Å². The molecule has 88 valence electrons. The van der Waals surface area contributed by atoms with Gasteiger partial charge in [0.2, 0.25) is 0 Å². The Morgan fingerprint density at radius 3 is 2.75 bits per heavy atom. The van der Waals surface area contributed by atoms with Crippen molar-refractivity contribution in [1.29, 1.82) is 0 Å². The molecule has 0 aliphatic carbocycles. The topological polar surface area (TPSA) is 12.0 Å². The third-order valence-electron chi connectivity index (χ3n) is 2.97. The van der Waals surface area contributed by atoms with Crippen LogP contribution in [0.4, 0.5) is 8.78 Å². The zero-order chi connectivity index (χ0) is 11.5. The first kappa shape index (κ1) is 11.8. The normalized spacial score (nSPS) is 21.1. The van der Waals surface area contributed by atoms with Crippen molar-refractivity contribution in [3.05, 3.63) is 34.4 Å². The summed E-state index contributed by atoms with van der Waals surface area (Å²) in [6.07, 6.45) is 3.94. The van der Waals surface area contributed by atoms with Gasteiger partial charge in [-0.2, -0.15) is 0 Å². The molecule has 0 saturated carbocycles. The first-order chi connectivity index (χ1) is 7.66. The molecule has 1 aliphatic rings. The minimum Gasteiger partial charge on any atom is -0.314 e. The van der Waals surface area contributed by atoms with Crippen molar-refractivity contribution in [2.75, 3.05) is 6.54 Å². The van der Waals surface area contributed by atoms with Crippen LogP contribution in [0, 0.1) is 11.6 Å². The molecule has 0 aromatic heterocycles. The summed E-state index contributed by atoms with van der Waals surface area (Å²) in [5, 5.41) is 3.32. The van der Waals surface area contributed by atoms with Gasteiger partial charge in [-0.25, -0.2) is 8.78 Å². The van der Waals surface area contributed by atoms with Crippen LogP contribution < -0.4 is 5.32 Å². The highest BCUT2D eigenvalue weighted by molar-refractivity contribution is 6.30. The van der Waals surface area contributed by atoms with E-state index in [1.165, 1.54) is 12.5 Å². The van der Waals surface area contributed by atoms with Crippen molar-refractivity contribution >= 4 is 11.6 Å². The summed E-state index contributed by atoms with van der Waals surface area (Å²) >= 11 is 5.64. The molecule has 0 spiro atoms. The second-order valence-electron chi connectivity index (χ2n) is 4.21. The molecule has 1 heterocycles. The minimum atomic E-state index is -0.695. The zero-order valence-electron chi connectivity index (χ0n) is 8.90. The molecule has 1 atom stereocenters. The molecule has 0 radical (unpaired) electrons. The van der Waals surface area contributed by atoms with E-state index in [-0.39, 0.29) is 11.1 Å². The van der Waals surface area contributed by atoms with Gasteiger partial charge < -0.3 is 5.32 Å². The van der Waals surface area contributed by atoms with Crippen LogP contribution >= 0.6 is 11.6 Å². The van der Waals surface area contributed by atoms with E-state index in [1.54, 1.807) is 0 Å². The van der Waals surface area contributed by atoms with E-state index < -0.39 is 11.6 Å². The lowest BCUT2D eigenvalue weighted by Gasteiger charge is -2.23. The molecular formula is C12H14ClF2N. The van der Waals surface area contributed by atoms with Crippen molar-refractivity contribution in [2.24, 2.45) is 0 Å². The number of hydrogen-bond donors (Lipinski definition) is 1. The predicted octanol–water partition coefficient (Wildman–Crippen LogP) is 3.30. The quantitative estimate of drug-likeness (QED) is 0.789. The summed E-state index contributed by atoms with van der Waals surface area (Å²) in [4.78, 5) is 0. The first-order valence-corrected chi connectivity index (χ1v) is 5.91. The molecule has 0 bridgehead atoms. The van der Waals surface area contributed by atoms with Crippen molar-refractivity contribution in [3.63, 3.8) is 0 Å². The molecule has 4 heteroatoms. The van der Waals surface area contributed by atoms with Gasteiger partial charge in [0.05, 0.1) is 5.02 Å². The lowest BCUT2D eigenvalue weighted by molar-refractivity contribution is 0.395. The fourth-order valence-corrected chi connectivity index (χ4v) is 2.27. The average Bonchev–Trinajstić information content (AvgIpc) is 2.27. The summed E-state index contributed by atoms with van der Waals surface area (Å²) < 4.78 is 26.4. The van der Waals surface area contributed by atoms with Crippen molar-refractivity contribution in [1.82, 2.24) is 5.32 Å². The van der Waals surface area contributed by atoms with Crippen LogP contribution in [0.5, 0.6) is 0 Å². The fourth-order valence-electron chi connectivity index (χ4n) is 2.08. The molecule has 1 aromatic carbocycles. The van der Waals surface area contributed by atoms with Gasteiger partial charge in [-0.15, -0.1) is 0 Å². The molecule has 1 saturated heterocycles. The molecule has 1 unspecified atom stereocenters. The molecule has 1 nitrogen and oxygen atoms in total. The molecule has 0 amide bonds. The summed E-state index contributed by atoms with van der Waals surface area (Å²) in [5.41, 5.74) is 0.491. The van der Waals surface area contributed by atoms with Gasteiger partial charge in [-0.05, 0) is 37.4 Å². The monoisotopic (exact) mass is 245 g/mol. The van der Waals surface area contributed by atoms with Gasteiger partial charge in [0.15, 0.2) is 0 Å². The molecular weight excluding hydrogens is 232 g/mol. The Morgan fingerprint density at radius 2 is 2.06 bits per heavy atom. The van der Waals surface area contributed by atoms with Crippen molar-refractivity contribution in [3.8, 4) is 0 Å². The Kier molecular flexibility index (Phi) is 3.77. The van der Waals surface area contributed by atoms with Gasteiger partial charge in [-0.3, -0.25) is 0 Å². The minimum absolute atomic E-state index is 0.00721. The maximum absolute atomic E-state index is 13.5. The van der Waals surface area contributed by atoms with Crippen LogP contribution in [0.1, 0.15) is 24.8 Å². The summed E-state index contributed by atoms with van der Waals surface area (Å²) in [6.45, 7) is 0.973. The van der Waals surface area contributed by atoms with Gasteiger partial charge in [0, 0.05) is 12.1 Å².